The standard InChI is InChI=1S/C18H20N2O4/c19-17(10-13-3-7-16(23)8-4-13)18(24)20-14(11-21)9-12-1-5-15(22)6-2-12/h1-8,11,14,17,22-23H,9-10,19H2,(H,20,24). The molecule has 0 saturated carbocycles. The molecule has 0 fully saturated rings. The minimum absolute atomic E-state index is 0.140. The van der Waals surface area contributed by atoms with Crippen molar-refractivity contribution >= 4 is 12.2 Å². The lowest BCUT2D eigenvalue weighted by molar-refractivity contribution is -0.125. The molecule has 6 heteroatoms. The summed E-state index contributed by atoms with van der Waals surface area (Å²) in [5.74, 6) is -0.132. The molecule has 6 nitrogen and oxygen atoms in total. The van der Waals surface area contributed by atoms with Gasteiger partial charge in [-0.1, -0.05) is 24.3 Å². The molecule has 0 aliphatic heterocycles. The zero-order chi connectivity index (χ0) is 17.5. The first-order valence-electron chi connectivity index (χ1n) is 7.55. The lowest BCUT2D eigenvalue weighted by Crippen LogP contribution is -2.47. The number of amides is 1. The molecule has 2 rings (SSSR count). The molecule has 2 aromatic rings. The van der Waals surface area contributed by atoms with E-state index in [9.17, 15) is 19.8 Å². The molecule has 0 aromatic heterocycles. The van der Waals surface area contributed by atoms with Gasteiger partial charge in [-0.3, -0.25) is 4.79 Å². The fourth-order valence-electron chi connectivity index (χ4n) is 2.29. The van der Waals surface area contributed by atoms with Gasteiger partial charge in [-0.2, -0.15) is 0 Å². The van der Waals surface area contributed by atoms with Crippen LogP contribution in [0.5, 0.6) is 11.5 Å². The van der Waals surface area contributed by atoms with Crippen molar-refractivity contribution in [2.24, 2.45) is 5.73 Å². The van der Waals surface area contributed by atoms with Crippen LogP contribution in [0.3, 0.4) is 0 Å². The molecule has 2 atom stereocenters. The Morgan fingerprint density at radius 2 is 1.42 bits per heavy atom. The van der Waals surface area contributed by atoms with Crippen LogP contribution in [0.15, 0.2) is 48.5 Å². The van der Waals surface area contributed by atoms with Crippen LogP contribution in [0.2, 0.25) is 0 Å². The third kappa shape index (κ3) is 5.10. The lowest BCUT2D eigenvalue weighted by Gasteiger charge is -2.17. The average Bonchev–Trinajstić information content (AvgIpc) is 2.58. The van der Waals surface area contributed by atoms with Gasteiger partial charge in [-0.15, -0.1) is 0 Å². The van der Waals surface area contributed by atoms with Crippen molar-refractivity contribution in [1.82, 2.24) is 5.32 Å². The SMILES string of the molecule is NC(Cc1ccc(O)cc1)C(=O)NC(C=O)Cc1ccc(O)cc1. The van der Waals surface area contributed by atoms with Gasteiger partial charge in [0.05, 0.1) is 12.1 Å². The van der Waals surface area contributed by atoms with Crippen LogP contribution in [0, 0.1) is 0 Å². The van der Waals surface area contributed by atoms with E-state index in [-0.39, 0.29) is 11.5 Å². The Kier molecular flexibility index (Phi) is 5.92. The maximum Gasteiger partial charge on any atom is 0.237 e. The number of nitrogens with one attached hydrogen (secondary N) is 1. The molecule has 0 saturated heterocycles. The largest absolute Gasteiger partial charge is 0.508 e. The predicted molar refractivity (Wildman–Crippen MR) is 89.6 cm³/mol. The molecule has 0 spiro atoms. The third-order valence-electron chi connectivity index (χ3n) is 3.61. The Bertz CT molecular complexity index is 683. The number of benzene rings is 2. The molecule has 5 N–H and O–H groups in total. The maximum absolute atomic E-state index is 12.1. The summed E-state index contributed by atoms with van der Waals surface area (Å²) < 4.78 is 0. The first kappa shape index (κ1) is 17.5. The summed E-state index contributed by atoms with van der Waals surface area (Å²) in [6.07, 6.45) is 1.29. The molecular formula is C18H20N2O4. The Hall–Kier alpha value is -2.86. The quantitative estimate of drug-likeness (QED) is 0.564. The van der Waals surface area contributed by atoms with Crippen molar-refractivity contribution in [3.8, 4) is 11.5 Å². The number of hydrogen-bond donors (Lipinski definition) is 4. The second-order valence-electron chi connectivity index (χ2n) is 5.60. The van der Waals surface area contributed by atoms with E-state index < -0.39 is 18.0 Å². The minimum Gasteiger partial charge on any atom is -0.508 e. The molecule has 24 heavy (non-hydrogen) atoms. The van der Waals surface area contributed by atoms with Crippen molar-refractivity contribution in [2.75, 3.05) is 0 Å². The second-order valence-corrected chi connectivity index (χ2v) is 5.60. The van der Waals surface area contributed by atoms with Gasteiger partial charge >= 0.3 is 0 Å². The van der Waals surface area contributed by atoms with Crippen LogP contribution >= 0.6 is 0 Å². The monoisotopic (exact) mass is 328 g/mol. The van der Waals surface area contributed by atoms with Crippen LogP contribution in [0.25, 0.3) is 0 Å². The van der Waals surface area contributed by atoms with Gasteiger partial charge in [0.25, 0.3) is 0 Å². The van der Waals surface area contributed by atoms with Crippen molar-refractivity contribution in [2.45, 2.75) is 24.9 Å². The van der Waals surface area contributed by atoms with Crippen LogP contribution in [-0.2, 0) is 22.4 Å². The van der Waals surface area contributed by atoms with Gasteiger partial charge in [0, 0.05) is 0 Å². The highest BCUT2D eigenvalue weighted by molar-refractivity contribution is 5.84. The van der Waals surface area contributed by atoms with E-state index >= 15 is 0 Å². The van der Waals surface area contributed by atoms with Gasteiger partial charge in [-0.25, -0.2) is 0 Å². The Morgan fingerprint density at radius 1 is 0.958 bits per heavy atom. The summed E-state index contributed by atoms with van der Waals surface area (Å²) in [4.78, 5) is 23.3. The van der Waals surface area contributed by atoms with E-state index in [0.717, 1.165) is 11.1 Å². The number of phenolic OH excluding ortho intramolecular Hbond substituents is 2. The summed E-state index contributed by atoms with van der Waals surface area (Å²) in [7, 11) is 0. The number of nitrogens with two attached hydrogens (primary N) is 1. The molecule has 0 heterocycles. The number of aldehydes is 1. The van der Waals surface area contributed by atoms with Gasteiger partial charge in [0.1, 0.15) is 17.8 Å². The fraction of sp³-hybridized carbons (Fsp3) is 0.222. The Balaban J connectivity index is 1.91. The van der Waals surface area contributed by atoms with E-state index in [2.05, 4.69) is 5.32 Å². The van der Waals surface area contributed by atoms with Gasteiger partial charge in [0.15, 0.2) is 0 Å². The molecule has 0 aliphatic carbocycles. The van der Waals surface area contributed by atoms with E-state index in [1.165, 1.54) is 24.3 Å². The lowest BCUT2D eigenvalue weighted by atomic mass is 10.0. The highest BCUT2D eigenvalue weighted by Gasteiger charge is 2.18. The van der Waals surface area contributed by atoms with Crippen molar-refractivity contribution in [1.29, 1.82) is 0 Å². The summed E-state index contributed by atoms with van der Waals surface area (Å²) >= 11 is 0. The fourth-order valence-corrected chi connectivity index (χ4v) is 2.29. The normalized spacial score (nSPS) is 13.0. The third-order valence-corrected chi connectivity index (χ3v) is 3.61. The number of carbonyl (C=O) groups excluding carboxylic acids is 2. The average molecular weight is 328 g/mol. The molecule has 0 aliphatic rings. The molecule has 2 aromatic carbocycles. The zero-order valence-electron chi connectivity index (χ0n) is 13.1. The van der Waals surface area contributed by atoms with Crippen molar-refractivity contribution < 1.29 is 19.8 Å². The van der Waals surface area contributed by atoms with E-state index in [0.29, 0.717) is 19.1 Å². The first-order chi connectivity index (χ1) is 11.5. The first-order valence-corrected chi connectivity index (χ1v) is 7.55. The van der Waals surface area contributed by atoms with E-state index in [1.54, 1.807) is 24.3 Å². The molecule has 1 amide bonds. The molecule has 126 valence electrons. The van der Waals surface area contributed by atoms with Crippen LogP contribution in [0.4, 0.5) is 0 Å². The second kappa shape index (κ2) is 8.12. The van der Waals surface area contributed by atoms with E-state index in [1.807, 2.05) is 0 Å². The Labute approximate surface area is 139 Å². The highest BCUT2D eigenvalue weighted by atomic mass is 16.3. The number of hydrogen-bond acceptors (Lipinski definition) is 5. The maximum atomic E-state index is 12.1. The smallest absolute Gasteiger partial charge is 0.237 e. The van der Waals surface area contributed by atoms with E-state index in [4.69, 9.17) is 5.73 Å². The molecule has 2 unspecified atom stereocenters. The molecule has 0 radical (unpaired) electrons. The zero-order valence-corrected chi connectivity index (χ0v) is 13.1. The van der Waals surface area contributed by atoms with Crippen LogP contribution in [0.1, 0.15) is 11.1 Å². The van der Waals surface area contributed by atoms with Gasteiger partial charge in [-0.05, 0) is 48.2 Å². The summed E-state index contributed by atoms with van der Waals surface area (Å²) in [6.45, 7) is 0. The number of phenols is 2. The number of rotatable bonds is 7. The summed E-state index contributed by atoms with van der Waals surface area (Å²) in [5.41, 5.74) is 7.51. The molecule has 0 bridgehead atoms. The van der Waals surface area contributed by atoms with Crippen molar-refractivity contribution in [3.05, 3.63) is 59.7 Å². The molecular weight excluding hydrogens is 308 g/mol. The predicted octanol–water partition coefficient (Wildman–Crippen LogP) is 0.894. The van der Waals surface area contributed by atoms with Crippen LogP contribution < -0.4 is 11.1 Å². The van der Waals surface area contributed by atoms with Crippen molar-refractivity contribution in [3.63, 3.8) is 0 Å². The Morgan fingerprint density at radius 3 is 1.88 bits per heavy atom. The van der Waals surface area contributed by atoms with Crippen LogP contribution in [-0.4, -0.2) is 34.5 Å². The minimum atomic E-state index is -0.795. The number of aromatic hydroxyl groups is 2. The van der Waals surface area contributed by atoms with Gasteiger partial charge < -0.3 is 26.1 Å². The van der Waals surface area contributed by atoms with Gasteiger partial charge in [0.2, 0.25) is 5.91 Å². The summed E-state index contributed by atoms with van der Waals surface area (Å²) in [6, 6.07) is 11.4. The highest BCUT2D eigenvalue weighted by Crippen LogP contribution is 2.12. The number of carbonyl (C=O) groups is 2. The summed E-state index contributed by atoms with van der Waals surface area (Å²) in [5, 5.41) is 21.1. The topological polar surface area (TPSA) is 113 Å².